The Kier molecular flexibility index (Phi) is 3.93. The molecule has 0 spiro atoms. The van der Waals surface area contributed by atoms with Crippen LogP contribution < -0.4 is 4.90 Å². The molecule has 0 aromatic carbocycles. The van der Waals surface area contributed by atoms with Crippen molar-refractivity contribution in [2.45, 2.75) is 24.3 Å². The van der Waals surface area contributed by atoms with Gasteiger partial charge in [0.25, 0.3) is 0 Å². The fraction of sp³-hybridized carbons (Fsp3) is 0.636. The Labute approximate surface area is 109 Å². The van der Waals surface area contributed by atoms with Crippen molar-refractivity contribution in [3.63, 3.8) is 0 Å². The van der Waals surface area contributed by atoms with Crippen LogP contribution in [0.5, 0.6) is 0 Å². The molecule has 94 valence electrons. The second-order valence-corrected chi connectivity index (χ2v) is 7.05. The van der Waals surface area contributed by atoms with E-state index in [-0.39, 0.29) is 5.97 Å². The average Bonchev–Trinajstić information content (AvgIpc) is 2.76. The van der Waals surface area contributed by atoms with Gasteiger partial charge in [0.05, 0.1) is 13.3 Å². The Bertz CT molecular complexity index is 398. The molecule has 0 aliphatic carbocycles. The number of thioether (sulfide) groups is 1. The topological polar surface area (TPSA) is 42.4 Å². The first-order valence-electron chi connectivity index (χ1n) is 5.54. The molecular weight excluding hydrogens is 256 g/mol. The van der Waals surface area contributed by atoms with Crippen LogP contribution >= 0.6 is 23.1 Å². The first-order valence-corrected chi connectivity index (χ1v) is 7.30. The summed E-state index contributed by atoms with van der Waals surface area (Å²) in [6, 6.07) is 0. The van der Waals surface area contributed by atoms with Gasteiger partial charge in [-0.05, 0) is 0 Å². The van der Waals surface area contributed by atoms with Crippen LogP contribution in [0.1, 0.15) is 23.5 Å². The summed E-state index contributed by atoms with van der Waals surface area (Å²) in [6.07, 6.45) is 1.60. The number of nitrogens with zero attached hydrogens (tertiary/aromatic N) is 2. The Morgan fingerprint density at radius 3 is 2.71 bits per heavy atom. The van der Waals surface area contributed by atoms with Gasteiger partial charge in [0, 0.05) is 23.6 Å². The number of hydrogen-bond acceptors (Lipinski definition) is 6. The van der Waals surface area contributed by atoms with Gasteiger partial charge in [0.15, 0.2) is 5.13 Å². The van der Waals surface area contributed by atoms with E-state index in [1.54, 1.807) is 6.20 Å². The van der Waals surface area contributed by atoms with Crippen LogP contribution in [-0.4, -0.2) is 41.7 Å². The summed E-state index contributed by atoms with van der Waals surface area (Å²) in [7, 11) is 1.39. The van der Waals surface area contributed by atoms with E-state index in [1.165, 1.54) is 18.4 Å². The zero-order chi connectivity index (χ0) is 12.4. The molecule has 17 heavy (non-hydrogen) atoms. The Morgan fingerprint density at radius 1 is 1.47 bits per heavy atom. The molecule has 2 atom stereocenters. The SMILES string of the molecule is COC(=O)c1cnc(N2CC(C)SC(C)C2)s1. The van der Waals surface area contributed by atoms with Crippen molar-refractivity contribution in [2.75, 3.05) is 25.1 Å². The minimum absolute atomic E-state index is 0.304. The van der Waals surface area contributed by atoms with E-state index in [4.69, 9.17) is 0 Å². The lowest BCUT2D eigenvalue weighted by molar-refractivity contribution is 0.0606. The second-order valence-electron chi connectivity index (χ2n) is 4.16. The monoisotopic (exact) mass is 272 g/mol. The predicted octanol–water partition coefficient (Wildman–Crippen LogP) is 2.26. The molecule has 0 N–H and O–H groups in total. The highest BCUT2D eigenvalue weighted by Crippen LogP contribution is 2.31. The molecule has 1 aromatic heterocycles. The maximum absolute atomic E-state index is 11.4. The van der Waals surface area contributed by atoms with E-state index >= 15 is 0 Å². The highest BCUT2D eigenvalue weighted by atomic mass is 32.2. The van der Waals surface area contributed by atoms with Crippen LogP contribution in [0.25, 0.3) is 0 Å². The van der Waals surface area contributed by atoms with E-state index in [2.05, 4.69) is 28.5 Å². The van der Waals surface area contributed by atoms with Gasteiger partial charge >= 0.3 is 5.97 Å². The van der Waals surface area contributed by atoms with Crippen molar-refractivity contribution >= 4 is 34.2 Å². The van der Waals surface area contributed by atoms with Crippen LogP contribution in [0.3, 0.4) is 0 Å². The first kappa shape index (κ1) is 12.7. The molecule has 6 heteroatoms. The van der Waals surface area contributed by atoms with Crippen LogP contribution in [0.15, 0.2) is 6.20 Å². The molecule has 1 fully saturated rings. The summed E-state index contributed by atoms with van der Waals surface area (Å²) in [4.78, 5) is 18.5. The van der Waals surface area contributed by atoms with E-state index in [0.29, 0.717) is 15.4 Å². The van der Waals surface area contributed by atoms with Gasteiger partial charge in [0.2, 0.25) is 0 Å². The molecule has 0 saturated carbocycles. The Balaban J connectivity index is 2.11. The smallest absolute Gasteiger partial charge is 0.349 e. The maximum Gasteiger partial charge on any atom is 0.349 e. The number of esters is 1. The summed E-state index contributed by atoms with van der Waals surface area (Å²) in [5, 5.41) is 2.12. The number of thiazole rings is 1. The number of anilines is 1. The number of methoxy groups -OCH3 is 1. The number of carbonyl (C=O) groups excluding carboxylic acids is 1. The van der Waals surface area contributed by atoms with Crippen molar-refractivity contribution < 1.29 is 9.53 Å². The third kappa shape index (κ3) is 2.93. The molecule has 1 aliphatic rings. The van der Waals surface area contributed by atoms with E-state index < -0.39 is 0 Å². The van der Waals surface area contributed by atoms with Gasteiger partial charge in [0.1, 0.15) is 4.88 Å². The quantitative estimate of drug-likeness (QED) is 0.773. The number of rotatable bonds is 2. The van der Waals surface area contributed by atoms with Crippen molar-refractivity contribution in [3.05, 3.63) is 11.1 Å². The van der Waals surface area contributed by atoms with Crippen LogP contribution in [0, 0.1) is 0 Å². The summed E-state index contributed by atoms with van der Waals surface area (Å²) >= 11 is 3.41. The van der Waals surface area contributed by atoms with Gasteiger partial charge in [-0.15, -0.1) is 0 Å². The molecule has 1 aliphatic heterocycles. The summed E-state index contributed by atoms with van der Waals surface area (Å²) in [6.45, 7) is 6.43. The fourth-order valence-electron chi connectivity index (χ4n) is 1.94. The lowest BCUT2D eigenvalue weighted by Crippen LogP contribution is -2.40. The van der Waals surface area contributed by atoms with Gasteiger partial charge in [-0.25, -0.2) is 9.78 Å². The van der Waals surface area contributed by atoms with Crippen LogP contribution in [0.4, 0.5) is 5.13 Å². The Morgan fingerprint density at radius 2 is 2.12 bits per heavy atom. The maximum atomic E-state index is 11.4. The predicted molar refractivity (Wildman–Crippen MR) is 72.2 cm³/mol. The number of aromatic nitrogens is 1. The van der Waals surface area contributed by atoms with Gasteiger partial charge < -0.3 is 9.64 Å². The first-order chi connectivity index (χ1) is 8.10. The van der Waals surface area contributed by atoms with Crippen LogP contribution in [0.2, 0.25) is 0 Å². The lowest BCUT2D eigenvalue weighted by Gasteiger charge is -2.34. The third-order valence-electron chi connectivity index (χ3n) is 2.57. The zero-order valence-electron chi connectivity index (χ0n) is 10.2. The van der Waals surface area contributed by atoms with E-state index in [1.807, 2.05) is 11.8 Å². The lowest BCUT2D eigenvalue weighted by atomic mass is 10.3. The molecule has 2 rings (SSSR count). The minimum Gasteiger partial charge on any atom is -0.465 e. The normalized spacial score (nSPS) is 24.8. The zero-order valence-corrected chi connectivity index (χ0v) is 11.8. The molecule has 0 radical (unpaired) electrons. The number of ether oxygens (including phenoxy) is 1. The largest absolute Gasteiger partial charge is 0.465 e. The van der Waals surface area contributed by atoms with Crippen molar-refractivity contribution in [3.8, 4) is 0 Å². The van der Waals surface area contributed by atoms with Gasteiger partial charge in [-0.1, -0.05) is 25.2 Å². The molecule has 1 aromatic rings. The van der Waals surface area contributed by atoms with Crippen LogP contribution in [-0.2, 0) is 4.74 Å². The molecule has 2 heterocycles. The standard InChI is InChI=1S/C11H16N2O2S2/c1-7-5-13(6-8(2)16-7)11-12-4-9(17-11)10(14)15-3/h4,7-8H,5-6H2,1-3H3. The van der Waals surface area contributed by atoms with Crippen molar-refractivity contribution in [1.82, 2.24) is 4.98 Å². The molecule has 2 unspecified atom stereocenters. The molecule has 1 saturated heterocycles. The average molecular weight is 272 g/mol. The number of carbonyl (C=O) groups is 1. The van der Waals surface area contributed by atoms with E-state index in [0.717, 1.165) is 18.2 Å². The van der Waals surface area contributed by atoms with Gasteiger partial charge in [-0.3, -0.25) is 0 Å². The Hall–Kier alpha value is -0.750. The molecular formula is C11H16N2O2S2. The summed E-state index contributed by atoms with van der Waals surface area (Å²) in [5.41, 5.74) is 0. The van der Waals surface area contributed by atoms with Crippen molar-refractivity contribution in [1.29, 1.82) is 0 Å². The van der Waals surface area contributed by atoms with E-state index in [9.17, 15) is 4.79 Å². The second kappa shape index (κ2) is 5.27. The molecule has 0 amide bonds. The highest BCUT2D eigenvalue weighted by Gasteiger charge is 2.25. The highest BCUT2D eigenvalue weighted by molar-refractivity contribution is 8.00. The molecule has 4 nitrogen and oxygen atoms in total. The summed E-state index contributed by atoms with van der Waals surface area (Å²) < 4.78 is 4.69. The van der Waals surface area contributed by atoms with Crippen molar-refractivity contribution in [2.24, 2.45) is 0 Å². The third-order valence-corrected chi connectivity index (χ3v) is 4.84. The fourth-order valence-corrected chi connectivity index (χ4v) is 4.12. The summed E-state index contributed by atoms with van der Waals surface area (Å²) in [5.74, 6) is -0.304. The number of hydrogen-bond donors (Lipinski definition) is 0. The van der Waals surface area contributed by atoms with Gasteiger partial charge in [-0.2, -0.15) is 11.8 Å². The minimum atomic E-state index is -0.304. The molecule has 0 bridgehead atoms.